The van der Waals surface area contributed by atoms with Gasteiger partial charge in [0, 0.05) is 30.1 Å². The summed E-state index contributed by atoms with van der Waals surface area (Å²) in [7, 11) is 0. The van der Waals surface area contributed by atoms with Crippen LogP contribution in [-0.2, 0) is 17.5 Å². The van der Waals surface area contributed by atoms with Gasteiger partial charge in [0.15, 0.2) is 5.69 Å². The molecule has 0 unspecified atom stereocenters. The molecule has 3 heterocycles. The van der Waals surface area contributed by atoms with Crippen LogP contribution < -0.4 is 0 Å². The zero-order chi connectivity index (χ0) is 19.6. The average molecular weight is 401 g/mol. The Kier molecular flexibility index (Phi) is 5.49. The number of alkyl halides is 3. The quantitative estimate of drug-likeness (QED) is 0.485. The molecule has 0 spiro atoms. The zero-order valence-corrected chi connectivity index (χ0v) is 15.3. The number of aryl methyl sites for hydroxylation is 1. The molecule has 1 N–H and O–H groups in total. The summed E-state index contributed by atoms with van der Waals surface area (Å²) < 4.78 is 39.3. The predicted molar refractivity (Wildman–Crippen MR) is 92.0 cm³/mol. The molecule has 1 aliphatic heterocycles. The van der Waals surface area contributed by atoms with Crippen molar-refractivity contribution < 1.29 is 23.2 Å². The SMILES string of the molecule is Cc1cc(C(F)(F)F)nn1CC(=O)N1CCC(c2nc(/C=N\O)cs2)CC1. The van der Waals surface area contributed by atoms with Crippen molar-refractivity contribution in [3.8, 4) is 0 Å². The Bertz CT molecular complexity index is 837. The number of thiazole rings is 1. The number of piperidine rings is 1. The predicted octanol–water partition coefficient (Wildman–Crippen LogP) is 2.88. The molecule has 146 valence electrons. The second-order valence-corrected chi connectivity index (χ2v) is 7.23. The molecular weight excluding hydrogens is 383 g/mol. The van der Waals surface area contributed by atoms with Crippen molar-refractivity contribution in [2.24, 2.45) is 5.16 Å². The summed E-state index contributed by atoms with van der Waals surface area (Å²) in [6, 6.07) is 0.940. The lowest BCUT2D eigenvalue weighted by atomic mass is 9.97. The smallest absolute Gasteiger partial charge is 0.411 e. The lowest BCUT2D eigenvalue weighted by molar-refractivity contribution is -0.142. The van der Waals surface area contributed by atoms with Crippen molar-refractivity contribution >= 4 is 23.5 Å². The normalized spacial score (nSPS) is 16.4. The van der Waals surface area contributed by atoms with E-state index in [1.54, 1.807) is 10.3 Å². The second-order valence-electron chi connectivity index (χ2n) is 6.34. The summed E-state index contributed by atoms with van der Waals surface area (Å²) in [6.45, 7) is 2.32. The van der Waals surface area contributed by atoms with Gasteiger partial charge in [0.2, 0.25) is 5.91 Å². The van der Waals surface area contributed by atoms with E-state index in [-0.39, 0.29) is 18.4 Å². The molecule has 1 fully saturated rings. The highest BCUT2D eigenvalue weighted by atomic mass is 32.1. The number of likely N-dealkylation sites (tertiary alicyclic amines) is 1. The van der Waals surface area contributed by atoms with Gasteiger partial charge in [0.05, 0.1) is 16.9 Å². The van der Waals surface area contributed by atoms with E-state index >= 15 is 0 Å². The van der Waals surface area contributed by atoms with Crippen LogP contribution in [0.5, 0.6) is 0 Å². The van der Waals surface area contributed by atoms with Crippen LogP contribution in [0.3, 0.4) is 0 Å². The Morgan fingerprint density at radius 3 is 2.74 bits per heavy atom. The zero-order valence-electron chi connectivity index (χ0n) is 14.5. The van der Waals surface area contributed by atoms with Crippen molar-refractivity contribution in [1.29, 1.82) is 0 Å². The van der Waals surface area contributed by atoms with Crippen LogP contribution in [0.15, 0.2) is 16.6 Å². The highest BCUT2D eigenvalue weighted by Gasteiger charge is 2.35. The molecule has 2 aromatic heterocycles. The van der Waals surface area contributed by atoms with Crippen LogP contribution in [0, 0.1) is 6.92 Å². The third-order valence-corrected chi connectivity index (χ3v) is 5.51. The van der Waals surface area contributed by atoms with E-state index in [0.29, 0.717) is 24.5 Å². The standard InChI is InChI=1S/C16H18F3N5O2S/c1-10-6-13(16(17,18)19)22-24(10)8-14(25)23-4-2-11(3-5-23)15-21-12(7-20-26)9-27-15/h6-7,9,11,26H,2-5,8H2,1H3/b20-7-. The number of carbonyl (C=O) groups is 1. The summed E-state index contributed by atoms with van der Waals surface area (Å²) in [6.07, 6.45) is -1.81. The van der Waals surface area contributed by atoms with E-state index in [2.05, 4.69) is 15.2 Å². The van der Waals surface area contributed by atoms with E-state index in [1.165, 1.54) is 24.5 Å². The number of hydrogen-bond donors (Lipinski definition) is 1. The summed E-state index contributed by atoms with van der Waals surface area (Å²) in [5.41, 5.74) is -0.102. The maximum absolute atomic E-state index is 12.7. The van der Waals surface area contributed by atoms with Gasteiger partial charge in [-0.05, 0) is 25.8 Å². The third-order valence-electron chi connectivity index (χ3n) is 4.48. The van der Waals surface area contributed by atoms with Crippen LogP contribution in [0.1, 0.15) is 40.8 Å². The molecule has 1 aliphatic rings. The van der Waals surface area contributed by atoms with Gasteiger partial charge in [-0.1, -0.05) is 5.16 Å². The van der Waals surface area contributed by atoms with Crippen molar-refractivity contribution in [3.63, 3.8) is 0 Å². The maximum atomic E-state index is 12.7. The van der Waals surface area contributed by atoms with Crippen LogP contribution in [0.2, 0.25) is 0 Å². The van der Waals surface area contributed by atoms with Crippen molar-refractivity contribution in [2.45, 2.75) is 38.4 Å². The number of hydrogen-bond acceptors (Lipinski definition) is 6. The lowest BCUT2D eigenvalue weighted by Gasteiger charge is -2.31. The highest BCUT2D eigenvalue weighted by molar-refractivity contribution is 7.09. The fraction of sp³-hybridized carbons (Fsp3) is 0.500. The second kappa shape index (κ2) is 7.67. The van der Waals surface area contributed by atoms with Crippen molar-refractivity contribution in [2.75, 3.05) is 13.1 Å². The first kappa shape index (κ1) is 19.3. The highest BCUT2D eigenvalue weighted by Crippen LogP contribution is 2.31. The largest absolute Gasteiger partial charge is 0.435 e. The minimum absolute atomic E-state index is 0.207. The molecule has 0 aromatic carbocycles. The van der Waals surface area contributed by atoms with Crippen LogP contribution in [0.25, 0.3) is 0 Å². The molecule has 0 aliphatic carbocycles. The van der Waals surface area contributed by atoms with Gasteiger partial charge in [0.25, 0.3) is 0 Å². The van der Waals surface area contributed by atoms with E-state index in [0.717, 1.165) is 28.6 Å². The molecule has 1 amide bonds. The molecule has 27 heavy (non-hydrogen) atoms. The minimum Gasteiger partial charge on any atom is -0.411 e. The van der Waals surface area contributed by atoms with Gasteiger partial charge < -0.3 is 10.1 Å². The van der Waals surface area contributed by atoms with Gasteiger partial charge in [-0.2, -0.15) is 18.3 Å². The third kappa shape index (κ3) is 4.46. The molecular formula is C16H18F3N5O2S. The molecule has 0 bridgehead atoms. The number of amides is 1. The summed E-state index contributed by atoms with van der Waals surface area (Å²) >= 11 is 1.48. The number of rotatable bonds is 4. The first-order valence-electron chi connectivity index (χ1n) is 8.30. The number of carbonyl (C=O) groups excluding carboxylic acids is 1. The number of nitrogens with zero attached hydrogens (tertiary/aromatic N) is 5. The van der Waals surface area contributed by atoms with E-state index < -0.39 is 11.9 Å². The molecule has 1 saturated heterocycles. The molecule has 3 rings (SSSR count). The topological polar surface area (TPSA) is 83.6 Å². The Morgan fingerprint density at radius 2 is 2.15 bits per heavy atom. The molecule has 0 radical (unpaired) electrons. The molecule has 11 heteroatoms. The monoisotopic (exact) mass is 401 g/mol. The van der Waals surface area contributed by atoms with Gasteiger partial charge in [-0.15, -0.1) is 11.3 Å². The van der Waals surface area contributed by atoms with Crippen molar-refractivity contribution in [3.05, 3.63) is 33.5 Å². The Hall–Kier alpha value is -2.43. The molecule has 0 saturated carbocycles. The molecule has 7 nitrogen and oxygen atoms in total. The van der Waals surface area contributed by atoms with E-state index in [4.69, 9.17) is 5.21 Å². The van der Waals surface area contributed by atoms with Gasteiger partial charge in [-0.3, -0.25) is 9.48 Å². The summed E-state index contributed by atoms with van der Waals surface area (Å²) in [5, 5.41) is 17.7. The Labute approximate surface area is 157 Å². The minimum atomic E-state index is -4.52. The average Bonchev–Trinajstić information content (AvgIpc) is 3.22. The Balaban J connectivity index is 1.58. The maximum Gasteiger partial charge on any atom is 0.435 e. The fourth-order valence-corrected chi connectivity index (χ4v) is 3.96. The van der Waals surface area contributed by atoms with E-state index in [9.17, 15) is 18.0 Å². The summed E-state index contributed by atoms with van der Waals surface area (Å²) in [4.78, 5) is 18.5. The number of halogens is 3. The first-order chi connectivity index (χ1) is 12.8. The van der Waals surface area contributed by atoms with Gasteiger partial charge in [0.1, 0.15) is 6.54 Å². The van der Waals surface area contributed by atoms with E-state index in [1.807, 2.05) is 0 Å². The first-order valence-corrected chi connectivity index (χ1v) is 9.18. The number of aromatic nitrogens is 3. The van der Waals surface area contributed by atoms with Crippen LogP contribution >= 0.6 is 11.3 Å². The number of oxime groups is 1. The van der Waals surface area contributed by atoms with Crippen LogP contribution in [0.4, 0.5) is 13.2 Å². The summed E-state index contributed by atoms with van der Waals surface area (Å²) in [5.74, 6) is -0.0382. The van der Waals surface area contributed by atoms with Crippen molar-refractivity contribution in [1.82, 2.24) is 19.7 Å². The van der Waals surface area contributed by atoms with Crippen LogP contribution in [-0.4, -0.2) is 50.1 Å². The van der Waals surface area contributed by atoms with Gasteiger partial charge in [-0.25, -0.2) is 4.98 Å². The molecule has 2 aromatic rings. The fourth-order valence-electron chi connectivity index (χ4n) is 3.02. The molecule has 0 atom stereocenters. The van der Waals surface area contributed by atoms with Gasteiger partial charge >= 0.3 is 6.18 Å². The Morgan fingerprint density at radius 1 is 1.44 bits per heavy atom. The lowest BCUT2D eigenvalue weighted by Crippen LogP contribution is -2.40.